The van der Waals surface area contributed by atoms with Gasteiger partial charge in [-0.05, 0) is 36.4 Å². The molecule has 0 aliphatic carbocycles. The number of nitrogens with zero attached hydrogens (tertiary/aromatic N) is 3. The highest BCUT2D eigenvalue weighted by molar-refractivity contribution is 9.10. The fourth-order valence-corrected chi connectivity index (χ4v) is 2.59. The highest BCUT2D eigenvalue weighted by atomic mass is 79.9. The molecule has 4 nitrogen and oxygen atoms in total. The van der Waals surface area contributed by atoms with Crippen LogP contribution in [0.3, 0.4) is 0 Å². The van der Waals surface area contributed by atoms with Gasteiger partial charge in [-0.15, -0.1) is 0 Å². The molecule has 0 spiro atoms. The molecule has 0 bridgehead atoms. The van der Waals surface area contributed by atoms with E-state index in [0.717, 1.165) is 37.9 Å². The average molecular weight is 325 g/mol. The van der Waals surface area contributed by atoms with Gasteiger partial charge in [-0.1, -0.05) is 15.9 Å². The van der Waals surface area contributed by atoms with Crippen LogP contribution >= 0.6 is 15.9 Å². The van der Waals surface area contributed by atoms with E-state index in [-0.39, 0.29) is 0 Å². The largest absolute Gasteiger partial charge is 0.338 e. The van der Waals surface area contributed by atoms with E-state index in [4.69, 9.17) is 0 Å². The van der Waals surface area contributed by atoms with Gasteiger partial charge in [-0.3, -0.25) is 9.97 Å². The van der Waals surface area contributed by atoms with Gasteiger partial charge in [0.25, 0.3) is 0 Å². The Kier molecular flexibility index (Phi) is 2.53. The summed E-state index contributed by atoms with van der Waals surface area (Å²) in [6.45, 7) is 0. The molecule has 0 aliphatic rings. The summed E-state index contributed by atoms with van der Waals surface area (Å²) in [4.78, 5) is 16.5. The van der Waals surface area contributed by atoms with E-state index >= 15 is 0 Å². The zero-order chi connectivity index (χ0) is 13.5. The van der Waals surface area contributed by atoms with Crippen molar-refractivity contribution in [1.82, 2.24) is 19.9 Å². The number of aromatic amines is 1. The predicted octanol–water partition coefficient (Wildman–Crippen LogP) is 3.94. The topological polar surface area (TPSA) is 54.5 Å². The van der Waals surface area contributed by atoms with Crippen LogP contribution in [0.5, 0.6) is 0 Å². The normalized spacial score (nSPS) is 11.2. The number of imidazole rings is 1. The molecular formula is C15H9BrN4. The van der Waals surface area contributed by atoms with Crippen LogP contribution in [-0.4, -0.2) is 19.9 Å². The Morgan fingerprint density at radius 1 is 0.850 bits per heavy atom. The summed E-state index contributed by atoms with van der Waals surface area (Å²) in [5.41, 5.74) is 4.71. The van der Waals surface area contributed by atoms with Crippen LogP contribution in [0.2, 0.25) is 0 Å². The van der Waals surface area contributed by atoms with Gasteiger partial charge in [-0.25, -0.2) is 4.98 Å². The van der Waals surface area contributed by atoms with Crippen molar-refractivity contribution in [3.63, 3.8) is 0 Å². The minimum Gasteiger partial charge on any atom is -0.338 e. The minimum absolute atomic E-state index is 0.839. The van der Waals surface area contributed by atoms with Crippen molar-refractivity contribution in [3.8, 4) is 11.4 Å². The maximum Gasteiger partial charge on any atom is 0.138 e. The summed E-state index contributed by atoms with van der Waals surface area (Å²) in [6.07, 6.45) is 3.39. The second-order valence-corrected chi connectivity index (χ2v) is 5.42. The van der Waals surface area contributed by atoms with E-state index < -0.39 is 0 Å². The molecule has 2 aromatic heterocycles. The van der Waals surface area contributed by atoms with Crippen molar-refractivity contribution < 1.29 is 0 Å². The molecule has 0 aliphatic heterocycles. The average Bonchev–Trinajstić information content (AvgIpc) is 2.89. The van der Waals surface area contributed by atoms with Gasteiger partial charge in [0.2, 0.25) is 0 Å². The van der Waals surface area contributed by atoms with E-state index in [0.29, 0.717) is 0 Å². The van der Waals surface area contributed by atoms with Crippen LogP contribution in [0.25, 0.3) is 33.5 Å². The lowest BCUT2D eigenvalue weighted by atomic mass is 10.2. The lowest BCUT2D eigenvalue weighted by Crippen LogP contribution is -1.85. The molecule has 0 atom stereocenters. The molecule has 2 heterocycles. The minimum atomic E-state index is 0.839. The van der Waals surface area contributed by atoms with Crippen molar-refractivity contribution in [1.29, 1.82) is 0 Å². The van der Waals surface area contributed by atoms with Crippen LogP contribution in [0.1, 0.15) is 0 Å². The monoisotopic (exact) mass is 324 g/mol. The molecular weight excluding hydrogens is 316 g/mol. The van der Waals surface area contributed by atoms with Gasteiger partial charge >= 0.3 is 0 Å². The van der Waals surface area contributed by atoms with Gasteiger partial charge in [-0.2, -0.15) is 0 Å². The second kappa shape index (κ2) is 4.38. The Balaban J connectivity index is 1.91. The Hall–Kier alpha value is -2.27. The van der Waals surface area contributed by atoms with Gasteiger partial charge < -0.3 is 4.98 Å². The Labute approximate surface area is 123 Å². The first kappa shape index (κ1) is 11.5. The Bertz CT molecular complexity index is 929. The molecule has 4 rings (SSSR count). The predicted molar refractivity (Wildman–Crippen MR) is 82.3 cm³/mol. The number of rotatable bonds is 1. The summed E-state index contributed by atoms with van der Waals surface area (Å²) >= 11 is 3.46. The number of benzene rings is 2. The van der Waals surface area contributed by atoms with Crippen LogP contribution in [0.4, 0.5) is 0 Å². The molecule has 1 N–H and O–H groups in total. The third-order valence-electron chi connectivity index (χ3n) is 3.19. The zero-order valence-electron chi connectivity index (χ0n) is 10.3. The number of nitrogens with one attached hydrogen (secondary N) is 1. The Morgan fingerprint density at radius 3 is 2.55 bits per heavy atom. The molecule has 0 unspecified atom stereocenters. The fraction of sp³-hybridized carbons (Fsp3) is 0. The van der Waals surface area contributed by atoms with Gasteiger partial charge in [0, 0.05) is 22.4 Å². The maximum atomic E-state index is 4.61. The molecule has 5 heteroatoms. The molecule has 0 fully saturated rings. The van der Waals surface area contributed by atoms with Crippen LogP contribution in [0, 0.1) is 0 Å². The van der Waals surface area contributed by atoms with Crippen molar-refractivity contribution in [2.24, 2.45) is 0 Å². The highest BCUT2D eigenvalue weighted by Gasteiger charge is 2.07. The number of halogens is 1. The van der Waals surface area contributed by atoms with Crippen molar-refractivity contribution in [3.05, 3.63) is 53.3 Å². The first-order valence-electron chi connectivity index (χ1n) is 6.16. The van der Waals surface area contributed by atoms with Crippen molar-refractivity contribution in [2.75, 3.05) is 0 Å². The van der Waals surface area contributed by atoms with Crippen LogP contribution < -0.4 is 0 Å². The second-order valence-electron chi connectivity index (χ2n) is 4.51. The number of hydrogen-bond acceptors (Lipinski definition) is 3. The maximum absolute atomic E-state index is 4.61. The number of fused-ring (bicyclic) bond motifs is 2. The van der Waals surface area contributed by atoms with Crippen LogP contribution in [-0.2, 0) is 0 Å². The van der Waals surface area contributed by atoms with Crippen LogP contribution in [0.15, 0.2) is 53.3 Å². The van der Waals surface area contributed by atoms with E-state index in [1.54, 1.807) is 12.4 Å². The lowest BCUT2D eigenvalue weighted by molar-refractivity contribution is 1.28. The van der Waals surface area contributed by atoms with Crippen molar-refractivity contribution in [2.45, 2.75) is 0 Å². The summed E-state index contributed by atoms with van der Waals surface area (Å²) in [5, 5.41) is 0. The smallest absolute Gasteiger partial charge is 0.138 e. The summed E-state index contributed by atoms with van der Waals surface area (Å²) in [7, 11) is 0. The SMILES string of the molecule is Brc1ccc2nc(-c3ccc4nccnc4c3)[nH]c2c1. The highest BCUT2D eigenvalue weighted by Crippen LogP contribution is 2.24. The van der Waals surface area contributed by atoms with Gasteiger partial charge in [0.1, 0.15) is 5.82 Å². The molecule has 20 heavy (non-hydrogen) atoms. The Morgan fingerprint density at radius 2 is 1.65 bits per heavy atom. The quantitative estimate of drug-likeness (QED) is 0.577. The van der Waals surface area contributed by atoms with E-state index in [2.05, 4.69) is 35.9 Å². The van der Waals surface area contributed by atoms with Gasteiger partial charge in [0.05, 0.1) is 22.1 Å². The third-order valence-corrected chi connectivity index (χ3v) is 3.68. The van der Waals surface area contributed by atoms with E-state index in [9.17, 15) is 0 Å². The lowest BCUT2D eigenvalue weighted by Gasteiger charge is -1.99. The zero-order valence-corrected chi connectivity index (χ0v) is 11.9. The van der Waals surface area contributed by atoms with E-state index in [1.165, 1.54) is 0 Å². The molecule has 2 aromatic carbocycles. The number of H-pyrrole nitrogens is 1. The molecule has 0 amide bonds. The number of aromatic nitrogens is 4. The summed E-state index contributed by atoms with van der Waals surface area (Å²) in [5.74, 6) is 0.839. The first-order valence-corrected chi connectivity index (χ1v) is 6.95. The molecule has 4 aromatic rings. The van der Waals surface area contributed by atoms with E-state index in [1.807, 2.05) is 36.4 Å². The molecule has 0 radical (unpaired) electrons. The molecule has 0 saturated heterocycles. The summed E-state index contributed by atoms with van der Waals surface area (Å²) in [6, 6.07) is 11.9. The fourth-order valence-electron chi connectivity index (χ4n) is 2.23. The first-order chi connectivity index (χ1) is 9.79. The number of hydrogen-bond donors (Lipinski definition) is 1. The molecule has 0 saturated carbocycles. The van der Waals surface area contributed by atoms with Crippen molar-refractivity contribution >= 4 is 38.0 Å². The standard InChI is InChI=1S/C15H9BrN4/c16-10-2-4-12-14(8-10)20-15(19-12)9-1-3-11-13(7-9)18-6-5-17-11/h1-8H,(H,19,20). The summed E-state index contributed by atoms with van der Waals surface area (Å²) < 4.78 is 1.03. The third kappa shape index (κ3) is 1.87. The molecule has 96 valence electrons. The van der Waals surface area contributed by atoms with Gasteiger partial charge in [0.15, 0.2) is 0 Å².